The maximum Gasteiger partial charge on any atom is 0.227 e. The topological polar surface area (TPSA) is 20.3 Å². The predicted molar refractivity (Wildman–Crippen MR) is 38.1 cm³/mol. The summed E-state index contributed by atoms with van der Waals surface area (Å²) in [7, 11) is 3.54. The second kappa shape index (κ2) is 2.38. The van der Waals surface area contributed by atoms with E-state index in [0.717, 1.165) is 0 Å². The molecule has 0 saturated heterocycles. The van der Waals surface area contributed by atoms with E-state index in [0.29, 0.717) is 0 Å². The van der Waals surface area contributed by atoms with Crippen molar-refractivity contribution >= 4 is 5.91 Å². The first-order valence-electron chi connectivity index (χ1n) is 3.07. The summed E-state index contributed by atoms with van der Waals surface area (Å²) in [5.74, 6) is 0.169. The number of nitrogens with zero attached hydrogens (tertiary/aromatic N) is 1. The van der Waals surface area contributed by atoms with Gasteiger partial charge in [0.15, 0.2) is 0 Å². The van der Waals surface area contributed by atoms with E-state index < -0.39 is 0 Å². The number of carbonyl (C=O) groups excluding carboxylic acids is 1. The Kier molecular flexibility index (Phi) is 2.24. The van der Waals surface area contributed by atoms with Gasteiger partial charge in [0.2, 0.25) is 5.91 Å². The Morgan fingerprint density at radius 3 is 1.56 bits per heavy atom. The van der Waals surface area contributed by atoms with E-state index in [4.69, 9.17) is 0 Å². The van der Waals surface area contributed by atoms with Gasteiger partial charge in [-0.25, -0.2) is 0 Å². The smallest absolute Gasteiger partial charge is 0.227 e. The predicted octanol–water partition coefficient (Wildman–Crippen LogP) is 1.12. The molecule has 0 saturated carbocycles. The standard InChI is InChI=1S/C7H15NO/c1-7(2,3)6(9)8(4)5/h1-5H3. The number of carbonyl (C=O) groups is 1. The van der Waals surface area contributed by atoms with Gasteiger partial charge >= 0.3 is 0 Å². The van der Waals surface area contributed by atoms with Crippen LogP contribution in [0.2, 0.25) is 0 Å². The van der Waals surface area contributed by atoms with Crippen LogP contribution in [0.5, 0.6) is 0 Å². The van der Waals surface area contributed by atoms with Gasteiger partial charge in [0.25, 0.3) is 0 Å². The lowest BCUT2D eigenvalue weighted by molar-refractivity contribution is -0.136. The molecule has 2 heteroatoms. The molecule has 2 nitrogen and oxygen atoms in total. The van der Waals surface area contributed by atoms with Gasteiger partial charge < -0.3 is 4.90 Å². The van der Waals surface area contributed by atoms with Crippen molar-refractivity contribution in [3.8, 4) is 0 Å². The summed E-state index contributed by atoms with van der Waals surface area (Å²) in [6.07, 6.45) is 0. The lowest BCUT2D eigenvalue weighted by atomic mass is 9.95. The fourth-order valence-electron chi connectivity index (χ4n) is 0.671. The molecule has 0 spiro atoms. The number of hydrogen-bond donors (Lipinski definition) is 0. The molecule has 0 aliphatic carbocycles. The first kappa shape index (κ1) is 8.47. The summed E-state index contributed by atoms with van der Waals surface area (Å²) < 4.78 is 0. The Hall–Kier alpha value is -0.530. The highest BCUT2D eigenvalue weighted by Gasteiger charge is 2.22. The summed E-state index contributed by atoms with van der Waals surface area (Å²) in [6, 6.07) is 0. The van der Waals surface area contributed by atoms with Crippen molar-refractivity contribution in [2.24, 2.45) is 5.41 Å². The molecule has 54 valence electrons. The van der Waals surface area contributed by atoms with Crippen molar-refractivity contribution in [3.05, 3.63) is 0 Å². The summed E-state index contributed by atoms with van der Waals surface area (Å²) in [4.78, 5) is 12.7. The minimum Gasteiger partial charge on any atom is -0.348 e. The number of amides is 1. The van der Waals surface area contributed by atoms with E-state index in [1.807, 2.05) is 20.8 Å². The molecule has 0 heterocycles. The largest absolute Gasteiger partial charge is 0.348 e. The maximum absolute atomic E-state index is 11.1. The van der Waals surface area contributed by atoms with Gasteiger partial charge in [-0.2, -0.15) is 0 Å². The van der Waals surface area contributed by atoms with Crippen LogP contribution in [0.3, 0.4) is 0 Å². The van der Waals surface area contributed by atoms with Crippen LogP contribution in [0.15, 0.2) is 0 Å². The molecule has 0 atom stereocenters. The quantitative estimate of drug-likeness (QED) is 0.480. The van der Waals surface area contributed by atoms with Crippen LogP contribution < -0.4 is 0 Å². The van der Waals surface area contributed by atoms with Crippen LogP contribution in [-0.4, -0.2) is 24.9 Å². The molecule has 0 aromatic heterocycles. The Bertz CT molecular complexity index is 111. The molecule has 0 unspecified atom stereocenters. The third-order valence-electron chi connectivity index (χ3n) is 1.05. The number of rotatable bonds is 0. The van der Waals surface area contributed by atoms with Crippen molar-refractivity contribution < 1.29 is 4.79 Å². The zero-order chi connectivity index (χ0) is 7.65. The van der Waals surface area contributed by atoms with Gasteiger partial charge in [-0.1, -0.05) is 20.8 Å². The SMILES string of the molecule is CN(C)C(=O)C(C)(C)C. The third-order valence-corrected chi connectivity index (χ3v) is 1.05. The molecule has 0 aromatic carbocycles. The van der Waals surface area contributed by atoms with Crippen molar-refractivity contribution in [1.82, 2.24) is 4.90 Å². The van der Waals surface area contributed by atoms with E-state index in [1.54, 1.807) is 19.0 Å². The van der Waals surface area contributed by atoms with Crippen LogP contribution in [-0.2, 0) is 4.79 Å². The molecule has 0 radical (unpaired) electrons. The monoisotopic (exact) mass is 129 g/mol. The van der Waals surface area contributed by atoms with Gasteiger partial charge in [0.1, 0.15) is 0 Å². The van der Waals surface area contributed by atoms with Gasteiger partial charge in [0, 0.05) is 19.5 Å². The molecular formula is C7H15NO. The molecule has 0 aliphatic rings. The fourth-order valence-corrected chi connectivity index (χ4v) is 0.671. The molecule has 9 heavy (non-hydrogen) atoms. The van der Waals surface area contributed by atoms with Crippen LogP contribution >= 0.6 is 0 Å². The van der Waals surface area contributed by atoms with E-state index >= 15 is 0 Å². The van der Waals surface area contributed by atoms with E-state index in [1.165, 1.54) is 0 Å². The summed E-state index contributed by atoms with van der Waals surface area (Å²) >= 11 is 0. The molecule has 0 N–H and O–H groups in total. The highest BCUT2D eigenvalue weighted by molar-refractivity contribution is 5.80. The zero-order valence-corrected chi connectivity index (χ0v) is 6.86. The first-order chi connectivity index (χ1) is 3.85. The Morgan fingerprint density at radius 1 is 1.22 bits per heavy atom. The highest BCUT2D eigenvalue weighted by atomic mass is 16.2. The van der Waals surface area contributed by atoms with Crippen molar-refractivity contribution in [3.63, 3.8) is 0 Å². The van der Waals surface area contributed by atoms with Gasteiger partial charge in [-0.05, 0) is 0 Å². The third kappa shape index (κ3) is 2.49. The fraction of sp³-hybridized carbons (Fsp3) is 0.857. The van der Waals surface area contributed by atoms with Crippen LogP contribution in [0.1, 0.15) is 20.8 Å². The minimum absolute atomic E-state index is 0.169. The van der Waals surface area contributed by atoms with Crippen molar-refractivity contribution in [2.45, 2.75) is 20.8 Å². The lowest BCUT2D eigenvalue weighted by Crippen LogP contribution is -2.33. The molecule has 0 aromatic rings. The zero-order valence-electron chi connectivity index (χ0n) is 6.86. The summed E-state index contributed by atoms with van der Waals surface area (Å²) in [6.45, 7) is 5.74. The molecule has 0 fully saturated rings. The highest BCUT2D eigenvalue weighted by Crippen LogP contribution is 2.14. The molecule has 0 aliphatic heterocycles. The van der Waals surface area contributed by atoms with Crippen molar-refractivity contribution in [1.29, 1.82) is 0 Å². The summed E-state index contributed by atoms with van der Waals surface area (Å²) in [5, 5.41) is 0. The van der Waals surface area contributed by atoms with Crippen LogP contribution in [0.4, 0.5) is 0 Å². The van der Waals surface area contributed by atoms with Gasteiger partial charge in [0.05, 0.1) is 0 Å². The van der Waals surface area contributed by atoms with E-state index in [9.17, 15) is 4.79 Å². The second-order valence-electron chi connectivity index (χ2n) is 3.45. The van der Waals surface area contributed by atoms with Crippen LogP contribution in [0, 0.1) is 5.41 Å². The van der Waals surface area contributed by atoms with Crippen molar-refractivity contribution in [2.75, 3.05) is 14.1 Å². The van der Waals surface area contributed by atoms with E-state index in [2.05, 4.69) is 0 Å². The molecule has 1 amide bonds. The normalized spacial score (nSPS) is 11.2. The minimum atomic E-state index is -0.233. The Balaban J connectivity index is 4.06. The maximum atomic E-state index is 11.1. The van der Waals surface area contributed by atoms with Gasteiger partial charge in [-0.15, -0.1) is 0 Å². The Labute approximate surface area is 56.9 Å². The molecular weight excluding hydrogens is 114 g/mol. The molecule has 0 rings (SSSR count). The average molecular weight is 129 g/mol. The second-order valence-corrected chi connectivity index (χ2v) is 3.45. The van der Waals surface area contributed by atoms with Gasteiger partial charge in [-0.3, -0.25) is 4.79 Å². The van der Waals surface area contributed by atoms with E-state index in [-0.39, 0.29) is 11.3 Å². The number of hydrogen-bond acceptors (Lipinski definition) is 1. The summed E-state index contributed by atoms with van der Waals surface area (Å²) in [5.41, 5.74) is -0.233. The lowest BCUT2D eigenvalue weighted by Gasteiger charge is -2.21. The Morgan fingerprint density at radius 2 is 1.56 bits per heavy atom. The average Bonchev–Trinajstić information content (AvgIpc) is 1.62. The molecule has 0 bridgehead atoms. The first-order valence-corrected chi connectivity index (χ1v) is 3.07. The van der Waals surface area contributed by atoms with Crippen LogP contribution in [0.25, 0.3) is 0 Å².